The number of nitro groups is 1. The van der Waals surface area contributed by atoms with Crippen molar-refractivity contribution in [1.82, 2.24) is 5.32 Å². The Morgan fingerprint density at radius 2 is 1.90 bits per heavy atom. The summed E-state index contributed by atoms with van der Waals surface area (Å²) in [6.07, 6.45) is 3.08. The summed E-state index contributed by atoms with van der Waals surface area (Å²) in [4.78, 5) is 22.9. The van der Waals surface area contributed by atoms with E-state index in [0.717, 1.165) is 17.3 Å². The van der Waals surface area contributed by atoms with Crippen LogP contribution in [0, 0.1) is 10.1 Å². The minimum absolute atomic E-state index is 0.0368. The lowest BCUT2D eigenvalue weighted by molar-refractivity contribution is -0.384. The van der Waals surface area contributed by atoms with Gasteiger partial charge in [0.25, 0.3) is 11.6 Å². The molecule has 0 aliphatic carbocycles. The van der Waals surface area contributed by atoms with Crippen molar-refractivity contribution in [2.24, 2.45) is 10.2 Å². The number of nitro benzene ring substituents is 1. The third kappa shape index (κ3) is 4.99. The summed E-state index contributed by atoms with van der Waals surface area (Å²) in [6, 6.07) is 11.3. The van der Waals surface area contributed by atoms with Crippen LogP contribution >= 0.6 is 11.8 Å². The van der Waals surface area contributed by atoms with Gasteiger partial charge in [-0.1, -0.05) is 18.2 Å². The van der Waals surface area contributed by atoms with Crippen LogP contribution in [0.5, 0.6) is 11.5 Å². The lowest BCUT2D eigenvalue weighted by Crippen LogP contribution is -2.19. The van der Waals surface area contributed by atoms with Crippen LogP contribution in [-0.2, 0) is 4.79 Å². The van der Waals surface area contributed by atoms with Gasteiger partial charge in [-0.05, 0) is 35.5 Å². The summed E-state index contributed by atoms with van der Waals surface area (Å²) in [5, 5.41) is 21.6. The third-order valence-electron chi connectivity index (χ3n) is 3.79. The predicted octanol–water partition coefficient (Wildman–Crippen LogP) is 3.21. The molecule has 0 saturated carbocycles. The lowest BCUT2D eigenvalue weighted by atomic mass is 10.2. The van der Waals surface area contributed by atoms with Gasteiger partial charge < -0.3 is 9.47 Å². The molecule has 3 rings (SSSR count). The standard InChI is InChI=1S/C19H16N4O5S/c1-27-15-7-6-12(9-16(15)28-2)10-17-18(24)21-19(29-17)22-20-11-13-4-3-5-14(8-13)23(25)26/h3-11H,1-2H3,(H,21,22,24)/b17-10+,20-11?. The molecule has 0 atom stereocenters. The summed E-state index contributed by atoms with van der Waals surface area (Å²) in [7, 11) is 3.09. The van der Waals surface area contributed by atoms with Gasteiger partial charge in [0.2, 0.25) is 0 Å². The molecule has 1 amide bonds. The second-order valence-corrected chi connectivity index (χ2v) is 6.71. The zero-order valence-electron chi connectivity index (χ0n) is 15.5. The molecular formula is C19H16N4O5S. The molecular weight excluding hydrogens is 396 g/mol. The average molecular weight is 412 g/mol. The van der Waals surface area contributed by atoms with Gasteiger partial charge in [-0.2, -0.15) is 5.10 Å². The van der Waals surface area contributed by atoms with Crippen molar-refractivity contribution in [1.29, 1.82) is 0 Å². The fourth-order valence-electron chi connectivity index (χ4n) is 2.44. The van der Waals surface area contributed by atoms with Gasteiger partial charge in [0.05, 0.1) is 30.3 Å². The van der Waals surface area contributed by atoms with Gasteiger partial charge in [0, 0.05) is 17.7 Å². The molecule has 0 spiro atoms. The van der Waals surface area contributed by atoms with E-state index in [0.29, 0.717) is 27.1 Å². The summed E-state index contributed by atoms with van der Waals surface area (Å²) in [5.41, 5.74) is 1.26. The maximum atomic E-state index is 12.2. The topological polar surface area (TPSA) is 115 Å². The summed E-state index contributed by atoms with van der Waals surface area (Å²) in [5.74, 6) is 0.852. The Hall–Kier alpha value is -3.66. The lowest BCUT2D eigenvalue weighted by Gasteiger charge is -2.07. The largest absolute Gasteiger partial charge is 0.493 e. The van der Waals surface area contributed by atoms with Crippen LogP contribution in [0.15, 0.2) is 57.6 Å². The van der Waals surface area contributed by atoms with E-state index in [4.69, 9.17) is 9.47 Å². The van der Waals surface area contributed by atoms with E-state index in [1.807, 2.05) is 0 Å². The highest BCUT2D eigenvalue weighted by atomic mass is 32.2. The first-order valence-corrected chi connectivity index (χ1v) is 9.10. The number of ether oxygens (including phenoxy) is 2. The number of amidine groups is 1. The SMILES string of the molecule is COc1ccc(/C=C2/SC(=NN=Cc3cccc([N+](=O)[O-])c3)NC2=O)cc1OC. The number of carbonyl (C=O) groups excluding carboxylic acids is 1. The van der Waals surface area contributed by atoms with E-state index in [9.17, 15) is 14.9 Å². The second-order valence-electron chi connectivity index (χ2n) is 5.68. The normalized spacial score (nSPS) is 16.4. The van der Waals surface area contributed by atoms with Gasteiger partial charge in [0.15, 0.2) is 16.7 Å². The van der Waals surface area contributed by atoms with Crippen molar-refractivity contribution in [2.45, 2.75) is 0 Å². The number of non-ortho nitro benzene ring substituents is 1. The zero-order chi connectivity index (χ0) is 20.8. The summed E-state index contributed by atoms with van der Waals surface area (Å²) in [6.45, 7) is 0. The molecule has 1 heterocycles. The Morgan fingerprint density at radius 3 is 2.62 bits per heavy atom. The first-order chi connectivity index (χ1) is 14.0. The number of nitrogens with zero attached hydrogens (tertiary/aromatic N) is 3. The van der Waals surface area contributed by atoms with Crippen molar-refractivity contribution >= 4 is 40.8 Å². The predicted molar refractivity (Wildman–Crippen MR) is 111 cm³/mol. The van der Waals surface area contributed by atoms with Crippen LogP contribution in [0.3, 0.4) is 0 Å². The molecule has 0 radical (unpaired) electrons. The first-order valence-electron chi connectivity index (χ1n) is 8.28. The number of rotatable bonds is 6. The van der Waals surface area contributed by atoms with E-state index < -0.39 is 4.92 Å². The second kappa shape index (κ2) is 9.02. The molecule has 0 unspecified atom stereocenters. The number of nitrogens with one attached hydrogen (secondary N) is 1. The summed E-state index contributed by atoms with van der Waals surface area (Å²) >= 11 is 1.14. The molecule has 0 bridgehead atoms. The van der Waals surface area contributed by atoms with E-state index in [1.165, 1.54) is 25.5 Å². The number of carbonyl (C=O) groups is 1. The van der Waals surface area contributed by atoms with Gasteiger partial charge in [-0.15, -0.1) is 5.10 Å². The monoisotopic (exact) mass is 412 g/mol. The maximum Gasteiger partial charge on any atom is 0.270 e. The molecule has 1 aliphatic heterocycles. The smallest absolute Gasteiger partial charge is 0.270 e. The van der Waals surface area contributed by atoms with Crippen LogP contribution in [0.25, 0.3) is 6.08 Å². The van der Waals surface area contributed by atoms with E-state index in [-0.39, 0.29) is 11.6 Å². The molecule has 148 valence electrons. The molecule has 9 nitrogen and oxygen atoms in total. The Labute approximate surface area is 170 Å². The van der Waals surface area contributed by atoms with Crippen molar-refractivity contribution in [3.05, 3.63) is 68.6 Å². The molecule has 2 aromatic rings. The number of amides is 1. The van der Waals surface area contributed by atoms with E-state index in [2.05, 4.69) is 15.5 Å². The number of methoxy groups -OCH3 is 2. The van der Waals surface area contributed by atoms with Crippen LogP contribution in [0.1, 0.15) is 11.1 Å². The molecule has 1 N–H and O–H groups in total. The molecule has 1 aliphatic rings. The fraction of sp³-hybridized carbons (Fsp3) is 0.105. The average Bonchev–Trinajstić information content (AvgIpc) is 3.07. The van der Waals surface area contributed by atoms with Crippen LogP contribution in [0.4, 0.5) is 5.69 Å². The van der Waals surface area contributed by atoms with Gasteiger partial charge in [-0.25, -0.2) is 0 Å². The Balaban J connectivity index is 1.73. The van der Waals surface area contributed by atoms with Gasteiger partial charge in [0.1, 0.15) is 0 Å². The Bertz CT molecular complexity index is 1050. The van der Waals surface area contributed by atoms with Crippen molar-refractivity contribution in [3.8, 4) is 11.5 Å². The maximum absolute atomic E-state index is 12.2. The molecule has 10 heteroatoms. The van der Waals surface area contributed by atoms with Crippen molar-refractivity contribution in [3.63, 3.8) is 0 Å². The Morgan fingerprint density at radius 1 is 1.10 bits per heavy atom. The minimum atomic E-state index is -0.485. The molecule has 1 fully saturated rings. The minimum Gasteiger partial charge on any atom is -0.493 e. The van der Waals surface area contributed by atoms with E-state index in [1.54, 1.807) is 43.5 Å². The number of thioether (sulfide) groups is 1. The Kier molecular flexibility index (Phi) is 6.25. The first kappa shape index (κ1) is 20.1. The van der Waals surface area contributed by atoms with Crippen LogP contribution in [-0.4, -0.2) is 36.4 Å². The number of benzene rings is 2. The zero-order valence-corrected chi connectivity index (χ0v) is 16.3. The van der Waals surface area contributed by atoms with Crippen LogP contribution in [0.2, 0.25) is 0 Å². The highest BCUT2D eigenvalue weighted by Gasteiger charge is 2.24. The molecule has 29 heavy (non-hydrogen) atoms. The highest BCUT2D eigenvalue weighted by Crippen LogP contribution is 2.31. The van der Waals surface area contributed by atoms with Crippen molar-refractivity contribution < 1.29 is 19.2 Å². The fourth-order valence-corrected chi connectivity index (χ4v) is 3.21. The third-order valence-corrected chi connectivity index (χ3v) is 4.69. The quantitative estimate of drug-likeness (QED) is 0.337. The highest BCUT2D eigenvalue weighted by molar-refractivity contribution is 8.18. The molecule has 1 saturated heterocycles. The van der Waals surface area contributed by atoms with Crippen LogP contribution < -0.4 is 14.8 Å². The van der Waals surface area contributed by atoms with Gasteiger partial charge >= 0.3 is 0 Å². The summed E-state index contributed by atoms with van der Waals surface area (Å²) < 4.78 is 10.5. The molecule has 2 aromatic carbocycles. The molecule has 0 aromatic heterocycles. The van der Waals surface area contributed by atoms with E-state index >= 15 is 0 Å². The number of hydrogen-bond donors (Lipinski definition) is 1. The number of hydrogen-bond acceptors (Lipinski definition) is 8. The van der Waals surface area contributed by atoms with Crippen molar-refractivity contribution in [2.75, 3.05) is 14.2 Å². The van der Waals surface area contributed by atoms with Gasteiger partial charge in [-0.3, -0.25) is 20.2 Å².